The molecule has 0 fully saturated rings. The van der Waals surface area contributed by atoms with Crippen molar-refractivity contribution in [3.63, 3.8) is 0 Å². The van der Waals surface area contributed by atoms with Crippen LogP contribution in [-0.2, 0) is 20.1 Å². The molecule has 0 aliphatic heterocycles. The second-order valence-corrected chi connectivity index (χ2v) is 12.5. The molecular formula is C46H35IrN5O-2. The predicted octanol–water partition coefficient (Wildman–Crippen LogP) is 11.1. The van der Waals surface area contributed by atoms with Crippen LogP contribution in [0.2, 0.25) is 0 Å². The summed E-state index contributed by atoms with van der Waals surface area (Å²) in [6.07, 6.45) is 7.68. The van der Waals surface area contributed by atoms with Gasteiger partial charge in [-0.2, -0.15) is 0 Å². The van der Waals surface area contributed by atoms with E-state index in [1.165, 1.54) is 33.4 Å². The van der Waals surface area contributed by atoms with Crippen molar-refractivity contribution < 1.29 is 24.5 Å². The Morgan fingerprint density at radius 1 is 0.566 bits per heavy atom. The van der Waals surface area contributed by atoms with E-state index in [1.54, 1.807) is 0 Å². The number of aryl methyl sites for hydroxylation is 3. The number of fused-ring (bicyclic) bond motifs is 1. The van der Waals surface area contributed by atoms with E-state index in [-0.39, 0.29) is 20.1 Å². The average molecular weight is 866 g/mol. The minimum absolute atomic E-state index is 0. The van der Waals surface area contributed by atoms with E-state index in [9.17, 15) is 0 Å². The van der Waals surface area contributed by atoms with Gasteiger partial charge in [0.2, 0.25) is 0 Å². The molecule has 0 unspecified atom stereocenters. The molecular weight excluding hydrogens is 831 g/mol. The average Bonchev–Trinajstić information content (AvgIpc) is 3.95. The van der Waals surface area contributed by atoms with Crippen molar-refractivity contribution >= 4 is 11.1 Å². The van der Waals surface area contributed by atoms with E-state index >= 15 is 0 Å². The van der Waals surface area contributed by atoms with Gasteiger partial charge in [-0.25, -0.2) is 4.98 Å². The summed E-state index contributed by atoms with van der Waals surface area (Å²) in [7, 11) is 0. The predicted molar refractivity (Wildman–Crippen MR) is 208 cm³/mol. The van der Waals surface area contributed by atoms with Crippen LogP contribution in [0.4, 0.5) is 0 Å². The van der Waals surface area contributed by atoms with Gasteiger partial charge in [0.05, 0.1) is 22.9 Å². The molecule has 6 aromatic carbocycles. The smallest absolute Gasteiger partial charge is 0.180 e. The molecule has 0 spiro atoms. The summed E-state index contributed by atoms with van der Waals surface area (Å²) in [5.41, 5.74) is 12.8. The molecule has 53 heavy (non-hydrogen) atoms. The Balaban J connectivity index is 0.000000165. The third-order valence-corrected chi connectivity index (χ3v) is 9.03. The normalized spacial score (nSPS) is 10.8. The van der Waals surface area contributed by atoms with Gasteiger partial charge in [0, 0.05) is 74.1 Å². The number of para-hydroxylation sites is 2. The molecule has 261 valence electrons. The van der Waals surface area contributed by atoms with Gasteiger partial charge in [0.1, 0.15) is 0 Å². The van der Waals surface area contributed by atoms with Crippen LogP contribution in [0.5, 0.6) is 0 Å². The monoisotopic (exact) mass is 866 g/mol. The van der Waals surface area contributed by atoms with Crippen LogP contribution in [0.15, 0.2) is 163 Å². The first-order valence-electron chi connectivity index (χ1n) is 17.2. The maximum Gasteiger partial charge on any atom is 0.180 e. The SMILES string of the molecule is Cc1nc2cc(-c3nccn3-c3c(C)cccc3C)[c-]cc2o1.[Ir].[c-]1ccccc1-c1nccn1-c1c(-c2ccccc2)cccc1-c1ccccc1. The summed E-state index contributed by atoms with van der Waals surface area (Å²) in [6, 6.07) is 52.1. The number of aromatic nitrogens is 5. The van der Waals surface area contributed by atoms with Gasteiger partial charge in [-0.3, -0.25) is 9.97 Å². The number of hydrogen-bond donors (Lipinski definition) is 0. The Bertz CT molecular complexity index is 2530. The third-order valence-electron chi connectivity index (χ3n) is 9.03. The number of imidazole rings is 2. The second kappa shape index (κ2) is 15.6. The zero-order valence-electron chi connectivity index (χ0n) is 29.5. The summed E-state index contributed by atoms with van der Waals surface area (Å²) in [6.45, 7) is 6.07. The maximum absolute atomic E-state index is 5.52. The van der Waals surface area contributed by atoms with Gasteiger partial charge in [-0.05, 0) is 36.1 Å². The summed E-state index contributed by atoms with van der Waals surface area (Å²) in [4.78, 5) is 13.6. The molecule has 7 heteroatoms. The standard InChI is InChI=1S/C27H19N2.C19H16N3O.Ir/c1-4-11-21(12-5-1)24-17-10-18-25(22-13-6-2-7-14-22)26(24)29-20-19-28-27(29)23-15-8-3-9-16-23;1-12-5-4-6-13(2)18(12)22-10-9-20-19(22)15-7-8-17-16(11-15)21-14(3)23-17;/h1-15,17-20H;4-6,8-11H,1-3H3;/q2*-1;. The third kappa shape index (κ3) is 7.18. The minimum atomic E-state index is 0. The molecule has 0 atom stereocenters. The van der Waals surface area contributed by atoms with Gasteiger partial charge in [-0.1, -0.05) is 97.1 Å². The van der Waals surface area contributed by atoms with Crippen LogP contribution in [0.25, 0.3) is 67.5 Å². The molecule has 3 aromatic heterocycles. The number of rotatable bonds is 6. The molecule has 0 aliphatic carbocycles. The molecule has 0 saturated heterocycles. The van der Waals surface area contributed by atoms with Crippen molar-refractivity contribution in [3.05, 3.63) is 187 Å². The van der Waals surface area contributed by atoms with Gasteiger partial charge < -0.3 is 13.6 Å². The zero-order chi connectivity index (χ0) is 35.4. The van der Waals surface area contributed by atoms with Crippen LogP contribution >= 0.6 is 0 Å². The Morgan fingerprint density at radius 2 is 1.13 bits per heavy atom. The summed E-state index contributed by atoms with van der Waals surface area (Å²) < 4.78 is 9.81. The van der Waals surface area contributed by atoms with Gasteiger partial charge in [0.15, 0.2) is 5.89 Å². The van der Waals surface area contributed by atoms with E-state index in [1.807, 2.05) is 80.2 Å². The van der Waals surface area contributed by atoms with Crippen LogP contribution < -0.4 is 0 Å². The van der Waals surface area contributed by atoms with Gasteiger partial charge in [-0.15, -0.1) is 59.7 Å². The summed E-state index contributed by atoms with van der Waals surface area (Å²) in [5, 5.41) is 0. The van der Waals surface area contributed by atoms with Crippen LogP contribution in [0, 0.1) is 32.9 Å². The van der Waals surface area contributed by atoms with Crippen molar-refractivity contribution in [2.24, 2.45) is 0 Å². The van der Waals surface area contributed by atoms with E-state index in [2.05, 4.69) is 135 Å². The zero-order valence-corrected chi connectivity index (χ0v) is 31.9. The second-order valence-electron chi connectivity index (χ2n) is 12.5. The molecule has 0 aliphatic rings. The first-order chi connectivity index (χ1) is 25.5. The van der Waals surface area contributed by atoms with E-state index in [0.29, 0.717) is 5.89 Å². The molecule has 1 radical (unpaired) electrons. The fraction of sp³-hybridized carbons (Fsp3) is 0.0652. The molecule has 9 aromatic rings. The summed E-state index contributed by atoms with van der Waals surface area (Å²) in [5.74, 6) is 2.39. The number of hydrogen-bond acceptors (Lipinski definition) is 4. The largest absolute Gasteiger partial charge is 0.488 e. The molecule has 0 amide bonds. The van der Waals surface area contributed by atoms with Gasteiger partial charge >= 0.3 is 0 Å². The van der Waals surface area contributed by atoms with Crippen molar-refractivity contribution in [2.45, 2.75) is 20.8 Å². The van der Waals surface area contributed by atoms with Crippen LogP contribution in [0.3, 0.4) is 0 Å². The molecule has 6 nitrogen and oxygen atoms in total. The molecule has 0 bridgehead atoms. The Hall–Kier alpha value is -6.14. The van der Waals surface area contributed by atoms with Crippen molar-refractivity contribution in [1.82, 2.24) is 24.1 Å². The molecule has 3 heterocycles. The topological polar surface area (TPSA) is 61.7 Å². The number of nitrogens with zero attached hydrogens (tertiary/aromatic N) is 5. The van der Waals surface area contributed by atoms with Crippen molar-refractivity contribution in [1.29, 1.82) is 0 Å². The van der Waals surface area contributed by atoms with Gasteiger partial charge in [0.25, 0.3) is 0 Å². The summed E-state index contributed by atoms with van der Waals surface area (Å²) >= 11 is 0. The Morgan fingerprint density at radius 3 is 1.74 bits per heavy atom. The van der Waals surface area contributed by atoms with Crippen LogP contribution in [0.1, 0.15) is 17.0 Å². The van der Waals surface area contributed by atoms with Crippen molar-refractivity contribution in [3.8, 4) is 56.4 Å². The van der Waals surface area contributed by atoms with Crippen molar-refractivity contribution in [2.75, 3.05) is 0 Å². The minimum Gasteiger partial charge on any atom is -0.488 e. The first kappa shape index (κ1) is 35.3. The van der Waals surface area contributed by atoms with E-state index < -0.39 is 0 Å². The fourth-order valence-corrected chi connectivity index (χ4v) is 6.71. The molecule has 9 rings (SSSR count). The van der Waals surface area contributed by atoms with E-state index in [0.717, 1.165) is 45.3 Å². The van der Waals surface area contributed by atoms with Crippen LogP contribution in [-0.4, -0.2) is 24.1 Å². The Kier molecular flexibility index (Phi) is 10.4. The number of benzene rings is 6. The molecule has 0 N–H and O–H groups in total. The Labute approximate surface area is 322 Å². The maximum atomic E-state index is 5.52. The molecule has 0 saturated carbocycles. The van der Waals surface area contributed by atoms with E-state index in [4.69, 9.17) is 4.42 Å². The fourth-order valence-electron chi connectivity index (χ4n) is 6.71. The quantitative estimate of drug-likeness (QED) is 0.156. The first-order valence-corrected chi connectivity index (χ1v) is 17.2. The number of oxazole rings is 1.